The fraction of sp³-hybridized carbons (Fsp3) is 0.364. The number of hydrogen-bond donors (Lipinski definition) is 2. The van der Waals surface area contributed by atoms with Crippen molar-refractivity contribution < 1.29 is 4.79 Å². The molecule has 1 aromatic rings. The van der Waals surface area contributed by atoms with Crippen LogP contribution in [0.25, 0.3) is 0 Å². The maximum absolute atomic E-state index is 11.5. The van der Waals surface area contributed by atoms with Gasteiger partial charge in [-0.3, -0.25) is 4.79 Å². The molecule has 2 N–H and O–H groups in total. The van der Waals surface area contributed by atoms with Gasteiger partial charge in [-0.1, -0.05) is 12.1 Å². The molecule has 0 aliphatic rings. The maximum atomic E-state index is 11.5. The maximum Gasteiger partial charge on any atom is 0.225 e. The lowest BCUT2D eigenvalue weighted by atomic mass is 10.3. The number of anilines is 1. The Balaban J connectivity index is 0.00000225. The third-order valence-electron chi connectivity index (χ3n) is 1.98. The summed E-state index contributed by atoms with van der Waals surface area (Å²) in [4.78, 5) is 12.6. The first kappa shape index (κ1) is 15.3. The van der Waals surface area contributed by atoms with E-state index >= 15 is 0 Å². The second-order valence-corrected chi connectivity index (χ2v) is 3.95. The Morgan fingerprint density at radius 3 is 2.69 bits per heavy atom. The lowest BCUT2D eigenvalue weighted by Crippen LogP contribution is -2.18. The lowest BCUT2D eigenvalue weighted by molar-refractivity contribution is -0.116. The molecule has 0 fully saturated rings. The van der Waals surface area contributed by atoms with Crippen molar-refractivity contribution in [1.82, 2.24) is 5.32 Å². The number of rotatable bonds is 5. The van der Waals surface area contributed by atoms with Crippen molar-refractivity contribution in [3.63, 3.8) is 0 Å². The van der Waals surface area contributed by atoms with E-state index in [1.165, 1.54) is 0 Å². The van der Waals surface area contributed by atoms with Gasteiger partial charge in [-0.15, -0.1) is 24.2 Å². The molecule has 0 radical (unpaired) electrons. The molecule has 5 heteroatoms. The van der Waals surface area contributed by atoms with E-state index in [0.29, 0.717) is 13.0 Å². The van der Waals surface area contributed by atoms with Crippen LogP contribution in [0.5, 0.6) is 0 Å². The van der Waals surface area contributed by atoms with Crippen LogP contribution in [0.4, 0.5) is 5.69 Å². The molecular formula is C11H17ClN2OS. The van der Waals surface area contributed by atoms with Crippen LogP contribution in [0.3, 0.4) is 0 Å². The summed E-state index contributed by atoms with van der Waals surface area (Å²) in [6.07, 6.45) is 2.50. The van der Waals surface area contributed by atoms with Gasteiger partial charge in [0.15, 0.2) is 0 Å². The van der Waals surface area contributed by atoms with E-state index in [-0.39, 0.29) is 18.3 Å². The van der Waals surface area contributed by atoms with Crippen molar-refractivity contribution in [1.29, 1.82) is 0 Å². The Kier molecular flexibility index (Phi) is 8.07. The smallest absolute Gasteiger partial charge is 0.225 e. The molecule has 1 aromatic carbocycles. The van der Waals surface area contributed by atoms with Crippen LogP contribution >= 0.6 is 24.2 Å². The Hall–Kier alpha value is -0.710. The Labute approximate surface area is 107 Å². The number of benzene rings is 1. The summed E-state index contributed by atoms with van der Waals surface area (Å²) < 4.78 is 0. The standard InChI is InChI=1S/C11H16N2OS.ClH/c1-12-8-7-11(14)13-9-5-3-4-6-10(9)15-2;/h3-6,12H,7-8H2,1-2H3,(H,13,14);1H. The number of thioether (sulfide) groups is 1. The van der Waals surface area contributed by atoms with Gasteiger partial charge in [-0.25, -0.2) is 0 Å². The van der Waals surface area contributed by atoms with Gasteiger partial charge < -0.3 is 10.6 Å². The van der Waals surface area contributed by atoms with Crippen LogP contribution < -0.4 is 10.6 Å². The number of nitrogens with one attached hydrogen (secondary N) is 2. The van der Waals surface area contributed by atoms with E-state index in [1.807, 2.05) is 37.6 Å². The van der Waals surface area contributed by atoms with E-state index in [1.54, 1.807) is 11.8 Å². The van der Waals surface area contributed by atoms with E-state index in [0.717, 1.165) is 10.6 Å². The third kappa shape index (κ3) is 4.88. The number of halogens is 1. The minimum absolute atomic E-state index is 0. The minimum Gasteiger partial charge on any atom is -0.325 e. The number of carbonyl (C=O) groups is 1. The molecule has 0 aliphatic carbocycles. The van der Waals surface area contributed by atoms with Crippen LogP contribution in [0.1, 0.15) is 6.42 Å². The zero-order chi connectivity index (χ0) is 11.1. The highest BCUT2D eigenvalue weighted by Crippen LogP contribution is 2.24. The summed E-state index contributed by atoms with van der Waals surface area (Å²) >= 11 is 1.63. The van der Waals surface area contributed by atoms with E-state index in [2.05, 4.69) is 10.6 Å². The first-order valence-electron chi connectivity index (χ1n) is 4.85. The molecule has 0 atom stereocenters. The quantitative estimate of drug-likeness (QED) is 0.799. The van der Waals surface area contributed by atoms with Gasteiger partial charge in [0.1, 0.15) is 0 Å². The van der Waals surface area contributed by atoms with Crippen LogP contribution in [-0.4, -0.2) is 25.8 Å². The summed E-state index contributed by atoms with van der Waals surface area (Å²) in [6.45, 7) is 0.702. The fourth-order valence-corrected chi connectivity index (χ4v) is 1.75. The number of para-hydroxylation sites is 1. The zero-order valence-corrected chi connectivity index (χ0v) is 11.1. The lowest BCUT2D eigenvalue weighted by Gasteiger charge is -2.08. The molecule has 16 heavy (non-hydrogen) atoms. The molecule has 0 aliphatic heterocycles. The van der Waals surface area contributed by atoms with Gasteiger partial charge >= 0.3 is 0 Å². The van der Waals surface area contributed by atoms with Crippen LogP contribution in [0.2, 0.25) is 0 Å². The SMILES string of the molecule is CNCCC(=O)Nc1ccccc1SC.Cl. The monoisotopic (exact) mass is 260 g/mol. The Morgan fingerprint density at radius 2 is 2.06 bits per heavy atom. The molecule has 0 aromatic heterocycles. The molecule has 1 rings (SSSR count). The molecule has 0 bridgehead atoms. The van der Waals surface area contributed by atoms with Gasteiger partial charge in [0.25, 0.3) is 0 Å². The normalized spacial score (nSPS) is 9.38. The van der Waals surface area contributed by atoms with E-state index < -0.39 is 0 Å². The van der Waals surface area contributed by atoms with Crippen LogP contribution in [0, 0.1) is 0 Å². The summed E-state index contributed by atoms with van der Waals surface area (Å²) in [6, 6.07) is 7.81. The average Bonchev–Trinajstić information content (AvgIpc) is 2.27. The molecule has 3 nitrogen and oxygen atoms in total. The fourth-order valence-electron chi connectivity index (χ4n) is 1.20. The Morgan fingerprint density at radius 1 is 1.38 bits per heavy atom. The van der Waals surface area contributed by atoms with Crippen LogP contribution in [-0.2, 0) is 4.79 Å². The second-order valence-electron chi connectivity index (χ2n) is 3.10. The van der Waals surface area contributed by atoms with Crippen molar-refractivity contribution in [2.45, 2.75) is 11.3 Å². The number of hydrogen-bond acceptors (Lipinski definition) is 3. The van der Waals surface area contributed by atoms with Gasteiger partial charge in [0, 0.05) is 17.9 Å². The average molecular weight is 261 g/mol. The molecule has 0 spiro atoms. The topological polar surface area (TPSA) is 41.1 Å². The van der Waals surface area contributed by atoms with Gasteiger partial charge in [-0.2, -0.15) is 0 Å². The van der Waals surface area contributed by atoms with E-state index in [4.69, 9.17) is 0 Å². The first-order chi connectivity index (χ1) is 7.27. The number of carbonyl (C=O) groups excluding carboxylic acids is 1. The highest BCUT2D eigenvalue weighted by molar-refractivity contribution is 7.98. The van der Waals surface area contributed by atoms with E-state index in [9.17, 15) is 4.79 Å². The van der Waals surface area contributed by atoms with Crippen LogP contribution in [0.15, 0.2) is 29.2 Å². The van der Waals surface area contributed by atoms with Crippen molar-refractivity contribution in [3.8, 4) is 0 Å². The number of amides is 1. The summed E-state index contributed by atoms with van der Waals surface area (Å²) in [7, 11) is 1.84. The molecular weight excluding hydrogens is 244 g/mol. The Bertz CT molecular complexity index is 334. The summed E-state index contributed by atoms with van der Waals surface area (Å²) in [5.74, 6) is 0.0471. The predicted octanol–water partition coefficient (Wildman–Crippen LogP) is 2.38. The first-order valence-corrected chi connectivity index (χ1v) is 6.08. The molecule has 0 saturated heterocycles. The van der Waals surface area contributed by atoms with Gasteiger partial charge in [-0.05, 0) is 25.4 Å². The van der Waals surface area contributed by atoms with Crippen molar-refractivity contribution >= 4 is 35.8 Å². The van der Waals surface area contributed by atoms with Crippen molar-refractivity contribution in [2.24, 2.45) is 0 Å². The zero-order valence-electron chi connectivity index (χ0n) is 9.45. The summed E-state index contributed by atoms with van der Waals surface area (Å²) in [5.41, 5.74) is 0.895. The molecule has 1 amide bonds. The third-order valence-corrected chi connectivity index (χ3v) is 2.78. The second kappa shape index (κ2) is 8.44. The molecule has 0 heterocycles. The van der Waals surface area contributed by atoms with Gasteiger partial charge in [0.2, 0.25) is 5.91 Å². The van der Waals surface area contributed by atoms with Crippen molar-refractivity contribution in [3.05, 3.63) is 24.3 Å². The minimum atomic E-state index is 0. The molecule has 90 valence electrons. The molecule has 0 unspecified atom stereocenters. The molecule has 0 saturated carbocycles. The highest BCUT2D eigenvalue weighted by atomic mass is 35.5. The van der Waals surface area contributed by atoms with Crippen molar-refractivity contribution in [2.75, 3.05) is 25.2 Å². The summed E-state index contributed by atoms with van der Waals surface area (Å²) in [5, 5.41) is 5.84. The largest absolute Gasteiger partial charge is 0.325 e. The predicted molar refractivity (Wildman–Crippen MR) is 72.6 cm³/mol. The van der Waals surface area contributed by atoms with Gasteiger partial charge in [0.05, 0.1) is 5.69 Å². The highest BCUT2D eigenvalue weighted by Gasteiger charge is 2.04.